The van der Waals surface area contributed by atoms with E-state index in [2.05, 4.69) is 15.5 Å². The zero-order valence-electron chi connectivity index (χ0n) is 42.5. The van der Waals surface area contributed by atoms with E-state index in [4.69, 9.17) is 23.7 Å². The van der Waals surface area contributed by atoms with Gasteiger partial charge in [-0.3, -0.25) is 19.2 Å². The molecule has 4 aliphatic rings. The van der Waals surface area contributed by atoms with Crippen molar-refractivity contribution in [3.05, 3.63) is 53.9 Å². The number of allylic oxidation sites excluding steroid dienone is 6. The summed E-state index contributed by atoms with van der Waals surface area (Å²) in [6.45, 7) is 12.8. The summed E-state index contributed by atoms with van der Waals surface area (Å²) < 4.78 is 31.6. The van der Waals surface area contributed by atoms with Gasteiger partial charge in [-0.1, -0.05) is 71.1 Å². The average Bonchev–Trinajstić information content (AvgIpc) is 3.88. The lowest BCUT2D eigenvalue weighted by atomic mass is 9.77. The quantitative estimate of drug-likeness (QED) is 0.181. The van der Waals surface area contributed by atoms with Gasteiger partial charge in [-0.15, -0.1) is 5.10 Å². The first-order valence-corrected chi connectivity index (χ1v) is 25.0. The first-order valence-electron chi connectivity index (χ1n) is 25.0. The van der Waals surface area contributed by atoms with Gasteiger partial charge in [-0.05, 0) is 117 Å². The zero-order valence-corrected chi connectivity index (χ0v) is 42.5. The number of nitrogens with zero attached hydrogens (tertiary/aromatic N) is 5. The Morgan fingerprint density at radius 3 is 2.32 bits per heavy atom. The average molecular weight is 966 g/mol. The predicted octanol–water partition coefficient (Wildman–Crippen LogP) is 6.05. The third kappa shape index (κ3) is 14.2. The van der Waals surface area contributed by atoms with Crippen LogP contribution < -0.4 is 0 Å². The van der Waals surface area contributed by atoms with Crippen LogP contribution in [0, 0.1) is 35.5 Å². The van der Waals surface area contributed by atoms with Gasteiger partial charge in [0.1, 0.15) is 36.5 Å². The van der Waals surface area contributed by atoms with Crippen LogP contribution in [0.25, 0.3) is 0 Å². The predicted molar refractivity (Wildman–Crippen MR) is 256 cm³/mol. The molecule has 3 fully saturated rings. The Bertz CT molecular complexity index is 2020. The number of rotatable bonds is 7. The van der Waals surface area contributed by atoms with Crippen molar-refractivity contribution in [1.82, 2.24) is 25.1 Å². The molecule has 69 heavy (non-hydrogen) atoms. The highest BCUT2D eigenvalue weighted by Gasteiger charge is 2.53. The second kappa shape index (κ2) is 25.7. The molecule has 2 saturated heterocycles. The molecule has 2 bridgehead atoms. The van der Waals surface area contributed by atoms with Crippen LogP contribution in [0.15, 0.2) is 53.9 Å². The summed E-state index contributed by atoms with van der Waals surface area (Å²) in [7, 11) is 4.62. The van der Waals surface area contributed by atoms with Crippen LogP contribution in [-0.4, -0.2) is 141 Å². The fraction of sp³-hybridized carbons (Fsp3) is 0.731. The number of hydrogen-bond acceptors (Lipinski definition) is 15. The molecule has 4 heterocycles. The number of aliphatic hydroxyl groups excluding tert-OH is 1. The molecular formula is C52H79N5O12. The highest BCUT2D eigenvalue weighted by Crippen LogP contribution is 2.39. The summed E-state index contributed by atoms with van der Waals surface area (Å²) in [4.78, 5) is 72.3. The number of amides is 1. The van der Waals surface area contributed by atoms with Gasteiger partial charge in [0.05, 0.1) is 24.4 Å². The number of ether oxygens (including phenoxy) is 5. The first-order chi connectivity index (χ1) is 32.8. The maximum absolute atomic E-state index is 14.5. The molecule has 0 aromatic carbocycles. The summed E-state index contributed by atoms with van der Waals surface area (Å²) in [5.41, 5.74) is 1.27. The number of aliphatic hydroxyl groups is 2. The van der Waals surface area contributed by atoms with Gasteiger partial charge in [0, 0.05) is 58.5 Å². The van der Waals surface area contributed by atoms with E-state index in [1.165, 1.54) is 12.0 Å². The van der Waals surface area contributed by atoms with Gasteiger partial charge in [-0.2, -0.15) is 0 Å². The molecule has 3 aliphatic heterocycles. The first kappa shape index (κ1) is 55.7. The van der Waals surface area contributed by atoms with E-state index in [9.17, 15) is 34.2 Å². The largest absolute Gasteiger partial charge is 0.460 e. The SMILES string of the molecule is CO[C@H]1C[C@@H]2CC[C@@H](C)[C@@](O)(O2)C(=O)C(=O)N2CCCC[C@H]2C(=O)O[C@H]([C@H](C)C[C@@H]2CC[C@@H](n3cnnn3)[C@H](OC)C2)CC(=O)[C@H](C)/C=C(\C)[C@@H](O)[C@@H](OC)C(=O)[C@H](C)C[C@H](C)\C=C/C=C/C=C/1C. The van der Waals surface area contributed by atoms with E-state index in [1.54, 1.807) is 52.1 Å². The molecule has 1 aromatic rings. The molecule has 5 rings (SSSR count). The van der Waals surface area contributed by atoms with Crippen molar-refractivity contribution in [2.45, 2.75) is 180 Å². The number of tetrazole rings is 1. The van der Waals surface area contributed by atoms with E-state index in [0.29, 0.717) is 56.9 Å². The number of aromatic nitrogens is 4. The van der Waals surface area contributed by atoms with Crippen LogP contribution in [0.5, 0.6) is 0 Å². The summed E-state index contributed by atoms with van der Waals surface area (Å²) in [6, 6.07) is -1.19. The number of hydrogen-bond donors (Lipinski definition) is 2. The number of esters is 1. The topological polar surface area (TPSA) is 219 Å². The Kier molecular flexibility index (Phi) is 20.8. The third-order valence-corrected chi connectivity index (χ3v) is 15.2. The lowest BCUT2D eigenvalue weighted by Gasteiger charge is -2.42. The Labute approximate surface area is 408 Å². The molecule has 17 nitrogen and oxygen atoms in total. The minimum absolute atomic E-state index is 0.0170. The van der Waals surface area contributed by atoms with Gasteiger partial charge < -0.3 is 38.8 Å². The number of fused-ring (bicyclic) bond motifs is 3. The summed E-state index contributed by atoms with van der Waals surface area (Å²) in [6.07, 6.45) is 13.9. The minimum Gasteiger partial charge on any atom is -0.460 e. The molecule has 1 aliphatic carbocycles. The maximum atomic E-state index is 14.5. The van der Waals surface area contributed by atoms with E-state index in [0.717, 1.165) is 18.4 Å². The molecule has 1 saturated carbocycles. The van der Waals surface area contributed by atoms with Crippen molar-refractivity contribution >= 4 is 29.2 Å². The smallest absolute Gasteiger partial charge is 0.329 e. The molecule has 0 spiro atoms. The van der Waals surface area contributed by atoms with Crippen LogP contribution in [0.2, 0.25) is 0 Å². The van der Waals surface area contributed by atoms with Crippen molar-refractivity contribution in [3.63, 3.8) is 0 Å². The molecule has 0 unspecified atom stereocenters. The molecule has 15 atom stereocenters. The standard InChI is InChI=1S/C52H79N5O12/c1-31-16-12-11-13-17-32(2)43(65-8)28-39-21-19-37(7)52(64,69-39)49(61)50(62)56-23-15-14-18-41(56)51(63)68-44(34(4)26-38-20-22-40(45(27-38)66-9)57-30-53-54-55-57)29-42(58)33(3)25-36(6)47(60)48(67-10)46(59)35(5)24-31/h11-13,16-17,25,30-31,33-35,37-41,43-45,47-48,60,64H,14-15,18-24,26-29H2,1-10H3/b13-11+,16-12-,32-17+,36-25+/t31-,33-,34-,35-,37-,38+,39+,40-,41+,43+,44+,45-,47-,48+,52-/m1/s1. The van der Waals surface area contributed by atoms with Crippen LogP contribution in [0.3, 0.4) is 0 Å². The van der Waals surface area contributed by atoms with Crippen LogP contribution in [-0.2, 0) is 47.7 Å². The number of piperidine rings is 1. The van der Waals surface area contributed by atoms with Crippen LogP contribution >= 0.6 is 0 Å². The fourth-order valence-electron chi connectivity index (χ4n) is 10.7. The van der Waals surface area contributed by atoms with Crippen molar-refractivity contribution < 1.29 is 57.9 Å². The van der Waals surface area contributed by atoms with E-state index in [1.807, 2.05) is 58.1 Å². The Hall–Kier alpha value is -4.26. The van der Waals surface area contributed by atoms with E-state index >= 15 is 0 Å². The molecule has 0 radical (unpaired) electrons. The monoisotopic (exact) mass is 966 g/mol. The van der Waals surface area contributed by atoms with Gasteiger partial charge in [0.15, 0.2) is 5.78 Å². The van der Waals surface area contributed by atoms with E-state index in [-0.39, 0.29) is 60.9 Å². The number of carbonyl (C=O) groups is 5. The highest BCUT2D eigenvalue weighted by molar-refractivity contribution is 6.39. The maximum Gasteiger partial charge on any atom is 0.329 e. The Morgan fingerprint density at radius 1 is 0.884 bits per heavy atom. The normalized spacial score (nSPS) is 38.8. The third-order valence-electron chi connectivity index (χ3n) is 15.2. The highest BCUT2D eigenvalue weighted by atomic mass is 16.6. The molecule has 1 amide bonds. The molecular weight excluding hydrogens is 887 g/mol. The van der Waals surface area contributed by atoms with Gasteiger partial charge >= 0.3 is 5.97 Å². The van der Waals surface area contributed by atoms with Gasteiger partial charge in [-0.25, -0.2) is 9.48 Å². The summed E-state index contributed by atoms with van der Waals surface area (Å²) in [5, 5.41) is 35.2. The molecule has 17 heteroatoms. The number of Topliss-reactive ketones (excluding diaryl/α,β-unsaturated/α-hetero) is 3. The van der Waals surface area contributed by atoms with Crippen LogP contribution in [0.4, 0.5) is 0 Å². The van der Waals surface area contributed by atoms with Crippen molar-refractivity contribution in [1.29, 1.82) is 0 Å². The molecule has 2 N–H and O–H groups in total. The fourth-order valence-corrected chi connectivity index (χ4v) is 10.7. The minimum atomic E-state index is -2.43. The number of cyclic esters (lactones) is 1. The van der Waals surface area contributed by atoms with Crippen LogP contribution in [0.1, 0.15) is 132 Å². The number of carbonyl (C=O) groups excluding carboxylic acids is 5. The van der Waals surface area contributed by atoms with Crippen molar-refractivity contribution in [2.24, 2.45) is 35.5 Å². The number of methoxy groups -OCH3 is 3. The Balaban J connectivity index is 1.46. The lowest BCUT2D eigenvalue weighted by Crippen LogP contribution is -2.61. The molecule has 384 valence electrons. The van der Waals surface area contributed by atoms with E-state index < -0.39 is 77.8 Å². The zero-order chi connectivity index (χ0) is 50.6. The Morgan fingerprint density at radius 2 is 1.64 bits per heavy atom. The van der Waals surface area contributed by atoms with Crippen molar-refractivity contribution in [3.8, 4) is 0 Å². The molecule has 1 aromatic heterocycles. The summed E-state index contributed by atoms with van der Waals surface area (Å²) >= 11 is 0. The second-order valence-electron chi connectivity index (χ2n) is 20.4. The van der Waals surface area contributed by atoms with Crippen molar-refractivity contribution in [2.75, 3.05) is 27.9 Å². The summed E-state index contributed by atoms with van der Waals surface area (Å²) in [5.74, 6) is -7.92. The number of ketones is 3. The lowest BCUT2D eigenvalue weighted by molar-refractivity contribution is -0.265. The van der Waals surface area contributed by atoms with Gasteiger partial charge in [0.25, 0.3) is 11.7 Å². The van der Waals surface area contributed by atoms with Gasteiger partial charge in [0.2, 0.25) is 5.79 Å². The second-order valence-corrected chi connectivity index (χ2v) is 20.4.